The minimum Gasteiger partial charge on any atom is -0.615 e. The summed E-state index contributed by atoms with van der Waals surface area (Å²) in [4.78, 5) is 3.73. The van der Waals surface area contributed by atoms with Crippen molar-refractivity contribution >= 4 is 33.0 Å². The third-order valence-corrected chi connectivity index (χ3v) is 9.07. The number of alkyl halides is 2. The van der Waals surface area contributed by atoms with Crippen molar-refractivity contribution in [2.45, 2.75) is 36.2 Å². The molecule has 0 aliphatic heterocycles. The number of benzene rings is 1. The molecule has 0 saturated heterocycles. The van der Waals surface area contributed by atoms with E-state index >= 15 is 0 Å². The predicted molar refractivity (Wildman–Crippen MR) is 100 cm³/mol. The van der Waals surface area contributed by atoms with E-state index in [1.165, 1.54) is 19.1 Å². The minimum absolute atomic E-state index is 0.0346. The zero-order valence-corrected chi connectivity index (χ0v) is 17.0. The molecule has 0 saturated carbocycles. The number of nitrogens with zero attached hydrogens (tertiary/aromatic N) is 2. The van der Waals surface area contributed by atoms with Gasteiger partial charge in [0, 0.05) is 0 Å². The summed E-state index contributed by atoms with van der Waals surface area (Å²) in [7, 11) is -4.15. The highest BCUT2D eigenvalue weighted by Gasteiger charge is 2.55. The molecule has 144 valence electrons. The summed E-state index contributed by atoms with van der Waals surface area (Å²) in [5.41, 5.74) is 0.588. The second-order valence-electron chi connectivity index (χ2n) is 5.43. The molecule has 2 unspecified atom stereocenters. The van der Waals surface area contributed by atoms with E-state index in [0.717, 1.165) is 33.8 Å². The van der Waals surface area contributed by atoms with E-state index in [-0.39, 0.29) is 22.1 Å². The SMILES string of the molecule is CCSC(c1cncn1S(=O)(=O)c1ccc(C)cc1)(C(F)F)[S+]([O-])CC. The number of aromatic nitrogens is 2. The van der Waals surface area contributed by atoms with Gasteiger partial charge in [0.15, 0.2) is 0 Å². The topological polar surface area (TPSA) is 75.0 Å². The van der Waals surface area contributed by atoms with Crippen molar-refractivity contribution in [1.29, 1.82) is 0 Å². The van der Waals surface area contributed by atoms with Crippen LogP contribution in [-0.2, 0) is 25.3 Å². The van der Waals surface area contributed by atoms with Crippen LogP contribution in [-0.4, -0.2) is 39.9 Å². The van der Waals surface area contributed by atoms with E-state index in [4.69, 9.17) is 0 Å². The second-order valence-corrected chi connectivity index (χ2v) is 10.9. The molecule has 0 aliphatic rings. The second kappa shape index (κ2) is 8.28. The average Bonchev–Trinajstić information content (AvgIpc) is 3.09. The van der Waals surface area contributed by atoms with Crippen LogP contribution in [0.3, 0.4) is 0 Å². The Morgan fingerprint density at radius 2 is 1.92 bits per heavy atom. The molecular formula is C16H20F2N2O3S3. The van der Waals surface area contributed by atoms with Crippen molar-refractivity contribution in [3.05, 3.63) is 48.0 Å². The van der Waals surface area contributed by atoms with Gasteiger partial charge in [-0.3, -0.25) is 0 Å². The molecule has 0 spiro atoms. The molecule has 2 aromatic rings. The third kappa shape index (κ3) is 3.64. The maximum Gasteiger partial charge on any atom is 0.303 e. The maximum absolute atomic E-state index is 14.1. The van der Waals surface area contributed by atoms with Crippen LogP contribution in [0.1, 0.15) is 25.1 Å². The van der Waals surface area contributed by atoms with Crippen molar-refractivity contribution in [3.63, 3.8) is 0 Å². The largest absolute Gasteiger partial charge is 0.615 e. The van der Waals surface area contributed by atoms with Crippen LogP contribution in [0.5, 0.6) is 0 Å². The van der Waals surface area contributed by atoms with Gasteiger partial charge in [0.25, 0.3) is 14.1 Å². The summed E-state index contributed by atoms with van der Waals surface area (Å²) >= 11 is -1.23. The fourth-order valence-electron chi connectivity index (χ4n) is 2.50. The molecule has 2 atom stereocenters. The summed E-state index contributed by atoms with van der Waals surface area (Å²) in [6.45, 7) is 4.99. The lowest BCUT2D eigenvalue weighted by molar-refractivity contribution is 0.127. The Bertz CT molecular complexity index is 841. The Morgan fingerprint density at radius 3 is 2.42 bits per heavy atom. The third-order valence-electron chi connectivity index (χ3n) is 3.79. The molecule has 0 N–H and O–H groups in total. The first kappa shape index (κ1) is 21.2. The first-order chi connectivity index (χ1) is 12.2. The molecule has 5 nitrogen and oxygen atoms in total. The van der Waals surface area contributed by atoms with Crippen LogP contribution in [0.4, 0.5) is 8.78 Å². The predicted octanol–water partition coefficient (Wildman–Crippen LogP) is 3.37. The molecule has 0 fully saturated rings. The van der Waals surface area contributed by atoms with Crippen LogP contribution in [0, 0.1) is 6.92 Å². The van der Waals surface area contributed by atoms with Gasteiger partial charge in [0.1, 0.15) is 17.8 Å². The van der Waals surface area contributed by atoms with E-state index < -0.39 is 31.7 Å². The van der Waals surface area contributed by atoms with Crippen LogP contribution < -0.4 is 0 Å². The Balaban J connectivity index is 2.69. The summed E-state index contributed by atoms with van der Waals surface area (Å²) in [6.07, 6.45) is -0.990. The molecule has 1 heterocycles. The first-order valence-electron chi connectivity index (χ1n) is 7.87. The van der Waals surface area contributed by atoms with Gasteiger partial charge in [0.05, 0.1) is 11.1 Å². The van der Waals surface area contributed by atoms with Crippen molar-refractivity contribution < 1.29 is 21.8 Å². The lowest BCUT2D eigenvalue weighted by Crippen LogP contribution is -2.43. The number of imidazole rings is 1. The van der Waals surface area contributed by atoms with Gasteiger partial charge in [0.2, 0.25) is 0 Å². The van der Waals surface area contributed by atoms with Crippen LogP contribution in [0.2, 0.25) is 0 Å². The molecule has 0 radical (unpaired) electrons. The number of rotatable bonds is 8. The standard InChI is InChI=1S/C16H20F2N2O3S3/c1-4-24-16(15(17)18,25(21)5-2)14-10-19-11-20(14)26(22,23)13-8-6-12(3)7-9-13/h6-11,15H,4-5H2,1-3H3. The van der Waals surface area contributed by atoms with E-state index in [1.807, 2.05) is 6.92 Å². The van der Waals surface area contributed by atoms with E-state index in [9.17, 15) is 21.8 Å². The first-order valence-corrected chi connectivity index (χ1v) is 11.6. The van der Waals surface area contributed by atoms with Crippen molar-refractivity contribution in [1.82, 2.24) is 8.96 Å². The fraction of sp³-hybridized carbons (Fsp3) is 0.438. The summed E-state index contributed by atoms with van der Waals surface area (Å²) in [6, 6.07) is 6.05. The van der Waals surface area contributed by atoms with Crippen molar-refractivity contribution in [2.24, 2.45) is 0 Å². The van der Waals surface area contributed by atoms with E-state index in [1.54, 1.807) is 19.1 Å². The Morgan fingerprint density at radius 1 is 1.31 bits per heavy atom. The van der Waals surface area contributed by atoms with Gasteiger partial charge < -0.3 is 4.55 Å². The van der Waals surface area contributed by atoms with Gasteiger partial charge in [-0.15, -0.1) is 0 Å². The molecule has 0 bridgehead atoms. The summed E-state index contributed by atoms with van der Waals surface area (Å²) in [5.74, 6) is 0.207. The number of hydrogen-bond donors (Lipinski definition) is 0. The molecular weight excluding hydrogens is 402 g/mol. The van der Waals surface area contributed by atoms with Gasteiger partial charge >= 0.3 is 6.43 Å². The number of thioether (sulfide) groups is 1. The molecule has 1 aromatic carbocycles. The average molecular weight is 423 g/mol. The molecule has 26 heavy (non-hydrogen) atoms. The zero-order chi connectivity index (χ0) is 19.5. The van der Waals surface area contributed by atoms with E-state index in [2.05, 4.69) is 4.98 Å². The summed E-state index contributed by atoms with van der Waals surface area (Å²) < 4.78 is 65.3. The molecule has 0 amide bonds. The van der Waals surface area contributed by atoms with Gasteiger partial charge in [-0.2, -0.15) is 0 Å². The Hall–Kier alpha value is -1.10. The highest BCUT2D eigenvalue weighted by molar-refractivity contribution is 8.14. The number of hydrogen-bond acceptors (Lipinski definition) is 5. The smallest absolute Gasteiger partial charge is 0.303 e. The highest BCUT2D eigenvalue weighted by atomic mass is 32.3. The normalized spacial score (nSPS) is 15.8. The molecule has 2 rings (SSSR count). The molecule has 1 aromatic heterocycles. The van der Waals surface area contributed by atoms with Gasteiger partial charge in [-0.25, -0.2) is 26.2 Å². The van der Waals surface area contributed by atoms with Crippen molar-refractivity contribution in [2.75, 3.05) is 11.5 Å². The Labute approximate surface area is 159 Å². The fourth-order valence-corrected chi connectivity index (χ4v) is 7.05. The van der Waals surface area contributed by atoms with Gasteiger partial charge in [-0.1, -0.05) is 36.4 Å². The highest BCUT2D eigenvalue weighted by Crippen LogP contribution is 2.47. The van der Waals surface area contributed by atoms with Crippen LogP contribution in [0.15, 0.2) is 41.7 Å². The molecule has 10 heteroatoms. The summed E-state index contributed by atoms with van der Waals surface area (Å²) in [5, 5.41) is 0. The monoisotopic (exact) mass is 422 g/mol. The van der Waals surface area contributed by atoms with Crippen LogP contribution >= 0.6 is 11.8 Å². The number of halogens is 2. The quantitative estimate of drug-likeness (QED) is 0.610. The maximum atomic E-state index is 14.1. The molecule has 0 aliphatic carbocycles. The van der Waals surface area contributed by atoms with Crippen molar-refractivity contribution in [3.8, 4) is 0 Å². The Kier molecular flexibility index (Phi) is 6.75. The lowest BCUT2D eigenvalue weighted by atomic mass is 10.2. The van der Waals surface area contributed by atoms with Crippen LogP contribution in [0.25, 0.3) is 0 Å². The van der Waals surface area contributed by atoms with E-state index in [0.29, 0.717) is 0 Å². The van der Waals surface area contributed by atoms with Gasteiger partial charge in [-0.05, 0) is 42.9 Å². The number of aryl methyl sites for hydroxylation is 1. The minimum atomic E-state index is -4.15. The zero-order valence-electron chi connectivity index (χ0n) is 14.6. The lowest BCUT2D eigenvalue weighted by Gasteiger charge is -2.33.